The van der Waals surface area contributed by atoms with E-state index in [2.05, 4.69) is 51.8 Å². The van der Waals surface area contributed by atoms with Crippen LogP contribution in [0.5, 0.6) is 0 Å². The minimum Gasteiger partial charge on any atom is -0.327 e. The number of rotatable bonds is 0. The van der Waals surface area contributed by atoms with Crippen molar-refractivity contribution in [3.63, 3.8) is 0 Å². The lowest BCUT2D eigenvalue weighted by molar-refractivity contribution is 0.514. The van der Waals surface area contributed by atoms with Gasteiger partial charge in [0.15, 0.2) is 17.5 Å². The van der Waals surface area contributed by atoms with Crippen LogP contribution in [0.2, 0.25) is 0 Å². The predicted octanol–water partition coefficient (Wildman–Crippen LogP) is 7.78. The summed E-state index contributed by atoms with van der Waals surface area (Å²) in [6.45, 7) is 2.34. The molecular weight excluding hydrogens is 508 g/mol. The molecule has 8 nitrogen and oxygen atoms in total. The first kappa shape index (κ1) is 23.5. The van der Waals surface area contributed by atoms with Gasteiger partial charge in [0.05, 0.1) is 0 Å². The molecule has 0 spiro atoms. The SMILES string of the molecule is C[C@@H]1CCC2=C(C1)C1=NC2=NC2=NC(=Nc3[nH]c(c4c3CCCC4)Nc3[nH]c(c4ccccc34)N1)C1=C2CCCC1. The zero-order valence-corrected chi connectivity index (χ0v) is 23.5. The number of fused-ring (bicyclic) bond motifs is 16. The molecule has 1 atom stereocenters. The fourth-order valence-electron chi connectivity index (χ4n) is 7.60. The van der Waals surface area contributed by atoms with Gasteiger partial charge in [0.2, 0.25) is 0 Å². The molecule has 5 heterocycles. The Morgan fingerprint density at radius 1 is 0.610 bits per heavy atom. The Labute approximate surface area is 239 Å². The maximum atomic E-state index is 5.25. The first-order valence-corrected chi connectivity index (χ1v) is 15.4. The summed E-state index contributed by atoms with van der Waals surface area (Å²) in [5.41, 5.74) is 7.80. The van der Waals surface area contributed by atoms with Gasteiger partial charge in [0.25, 0.3) is 0 Å². The quantitative estimate of drug-likeness (QED) is 0.233. The van der Waals surface area contributed by atoms with Crippen LogP contribution in [0.25, 0.3) is 10.8 Å². The molecule has 2 aromatic heterocycles. The van der Waals surface area contributed by atoms with Crippen molar-refractivity contribution in [2.75, 3.05) is 10.6 Å². The normalized spacial score (nSPS) is 23.2. The maximum Gasteiger partial charge on any atom is 0.160 e. The monoisotopic (exact) mass is 542 g/mol. The van der Waals surface area contributed by atoms with Gasteiger partial charge in [-0.1, -0.05) is 31.2 Å². The average Bonchev–Trinajstić information content (AvgIpc) is 3.72. The van der Waals surface area contributed by atoms with E-state index in [0.29, 0.717) is 5.92 Å². The number of aliphatic imine (C=N–C) groups is 4. The molecule has 0 unspecified atom stereocenters. The van der Waals surface area contributed by atoms with Gasteiger partial charge in [-0.15, -0.1) is 0 Å². The van der Waals surface area contributed by atoms with Crippen molar-refractivity contribution in [1.29, 1.82) is 0 Å². The van der Waals surface area contributed by atoms with Crippen LogP contribution in [0.3, 0.4) is 0 Å². The van der Waals surface area contributed by atoms with E-state index in [9.17, 15) is 0 Å². The van der Waals surface area contributed by atoms with Gasteiger partial charge in [0.1, 0.15) is 29.1 Å². The molecule has 41 heavy (non-hydrogen) atoms. The molecule has 8 heteroatoms. The summed E-state index contributed by atoms with van der Waals surface area (Å²) in [7, 11) is 0. The number of aromatic amines is 2. The Kier molecular flexibility index (Phi) is 5.10. The molecule has 0 saturated heterocycles. The van der Waals surface area contributed by atoms with E-state index in [-0.39, 0.29) is 0 Å². The van der Waals surface area contributed by atoms with Crippen LogP contribution in [-0.4, -0.2) is 33.3 Å². The molecule has 6 aliphatic rings. The molecule has 0 radical (unpaired) electrons. The summed E-state index contributed by atoms with van der Waals surface area (Å²) in [5, 5.41) is 9.77. The molecule has 4 N–H and O–H groups in total. The number of benzene rings is 1. The smallest absolute Gasteiger partial charge is 0.160 e. The Morgan fingerprint density at radius 2 is 1.24 bits per heavy atom. The van der Waals surface area contributed by atoms with Crippen LogP contribution in [0, 0.1) is 5.92 Å². The molecule has 0 fully saturated rings. The highest BCUT2D eigenvalue weighted by molar-refractivity contribution is 6.30. The number of anilines is 3. The second-order valence-electron chi connectivity index (χ2n) is 12.4. The average molecular weight is 543 g/mol. The number of H-pyrrole nitrogens is 2. The summed E-state index contributed by atoms with van der Waals surface area (Å²) in [5.74, 6) is 7.94. The lowest BCUT2D eigenvalue weighted by Gasteiger charge is -2.21. The fourth-order valence-corrected chi connectivity index (χ4v) is 7.60. The molecule has 3 aromatic rings. The fraction of sp³-hybridized carbons (Fsp3) is 0.394. The van der Waals surface area contributed by atoms with Gasteiger partial charge in [-0.3, -0.25) is 0 Å². The largest absolute Gasteiger partial charge is 0.327 e. The van der Waals surface area contributed by atoms with E-state index in [4.69, 9.17) is 20.0 Å². The van der Waals surface area contributed by atoms with Gasteiger partial charge < -0.3 is 20.6 Å². The third kappa shape index (κ3) is 3.65. The van der Waals surface area contributed by atoms with Crippen molar-refractivity contribution < 1.29 is 0 Å². The highest BCUT2D eigenvalue weighted by Crippen LogP contribution is 2.42. The van der Waals surface area contributed by atoms with Gasteiger partial charge in [0, 0.05) is 38.6 Å². The van der Waals surface area contributed by atoms with Crippen molar-refractivity contribution >= 4 is 57.4 Å². The lowest BCUT2D eigenvalue weighted by atomic mass is 9.85. The summed E-state index contributed by atoms with van der Waals surface area (Å²) in [6.07, 6.45) is 12.0. The predicted molar refractivity (Wildman–Crippen MR) is 168 cm³/mol. The Bertz CT molecular complexity index is 1840. The molecule has 3 aliphatic heterocycles. The number of nitrogens with zero attached hydrogens (tertiary/aromatic N) is 4. The maximum absolute atomic E-state index is 5.25. The molecule has 0 saturated carbocycles. The van der Waals surface area contributed by atoms with Crippen LogP contribution in [0.15, 0.2) is 66.5 Å². The van der Waals surface area contributed by atoms with Crippen LogP contribution in [-0.2, 0) is 12.8 Å². The summed E-state index contributed by atoms with van der Waals surface area (Å²) >= 11 is 0. The van der Waals surface area contributed by atoms with Crippen LogP contribution in [0.1, 0.15) is 75.8 Å². The van der Waals surface area contributed by atoms with E-state index in [1.165, 1.54) is 59.1 Å². The van der Waals surface area contributed by atoms with Crippen LogP contribution in [0.4, 0.5) is 23.3 Å². The topological polar surface area (TPSA) is 105 Å². The van der Waals surface area contributed by atoms with E-state index < -0.39 is 0 Å². The van der Waals surface area contributed by atoms with Gasteiger partial charge in [-0.25, -0.2) is 20.0 Å². The van der Waals surface area contributed by atoms with Crippen molar-refractivity contribution in [2.45, 2.75) is 77.6 Å². The van der Waals surface area contributed by atoms with Crippen LogP contribution >= 0.6 is 0 Å². The van der Waals surface area contributed by atoms with Gasteiger partial charge >= 0.3 is 0 Å². The molecule has 206 valence electrons. The zero-order chi connectivity index (χ0) is 27.1. The molecular formula is C33H34N8. The number of hydrogen-bond donors (Lipinski definition) is 4. The highest BCUT2D eigenvalue weighted by atomic mass is 15.2. The van der Waals surface area contributed by atoms with E-state index in [1.807, 2.05) is 0 Å². The number of amidine groups is 4. The summed E-state index contributed by atoms with van der Waals surface area (Å²) < 4.78 is 0. The highest BCUT2D eigenvalue weighted by Gasteiger charge is 2.34. The van der Waals surface area contributed by atoms with Crippen molar-refractivity contribution in [3.05, 3.63) is 57.7 Å². The third-order valence-corrected chi connectivity index (χ3v) is 9.73. The van der Waals surface area contributed by atoms with Gasteiger partial charge in [-0.2, -0.15) is 0 Å². The van der Waals surface area contributed by atoms with Gasteiger partial charge in [-0.05, 0) is 82.1 Å². The molecule has 9 rings (SSSR count). The molecule has 1 aromatic carbocycles. The second kappa shape index (κ2) is 8.90. The Hall–Kier alpha value is -4.20. The first-order valence-electron chi connectivity index (χ1n) is 15.4. The minimum absolute atomic E-state index is 0.620. The van der Waals surface area contributed by atoms with E-state index in [1.54, 1.807) is 0 Å². The third-order valence-electron chi connectivity index (χ3n) is 9.73. The summed E-state index contributed by atoms with van der Waals surface area (Å²) in [4.78, 5) is 28.1. The Morgan fingerprint density at radius 3 is 2.02 bits per heavy atom. The molecule has 0 amide bonds. The summed E-state index contributed by atoms with van der Waals surface area (Å²) in [6, 6.07) is 8.54. The number of hydrogen-bond acceptors (Lipinski definition) is 6. The molecule has 8 bridgehead atoms. The van der Waals surface area contributed by atoms with E-state index >= 15 is 0 Å². The number of nitrogens with one attached hydrogen (secondary N) is 4. The standard InChI is InChI=1S/C33H34N8/c1-17-14-15-24-25(16-17)33-40-31-23-13-7-6-12-22(23)29(38-31)36-27-19-9-3-2-8-18(19)26(34-27)35-28-20-10-4-5-11-21(20)30(37-28)39-32(24)41-33/h6-7,12-13,17,34,36,38H,2-5,8-11,14-16H2,1H3,(H,35,37,39,40,41)/t17-/m1/s1. The Balaban J connectivity index is 1.29. The second-order valence-corrected chi connectivity index (χ2v) is 12.4. The van der Waals surface area contributed by atoms with Crippen LogP contribution < -0.4 is 10.6 Å². The van der Waals surface area contributed by atoms with Crippen molar-refractivity contribution in [2.24, 2.45) is 25.9 Å². The number of aromatic nitrogens is 2. The minimum atomic E-state index is 0.620. The lowest BCUT2D eigenvalue weighted by Crippen LogP contribution is -2.18. The van der Waals surface area contributed by atoms with Crippen molar-refractivity contribution in [1.82, 2.24) is 9.97 Å². The first-order chi connectivity index (χ1) is 20.2. The van der Waals surface area contributed by atoms with E-state index in [0.717, 1.165) is 102 Å². The zero-order valence-electron chi connectivity index (χ0n) is 23.5. The molecule has 3 aliphatic carbocycles. The van der Waals surface area contributed by atoms with Crippen molar-refractivity contribution in [3.8, 4) is 0 Å².